The zero-order valence-electron chi connectivity index (χ0n) is 16.8. The number of nitrogens with zero attached hydrogens (tertiary/aromatic N) is 2. The van der Waals surface area contributed by atoms with E-state index in [1.165, 1.54) is 6.07 Å². The fraction of sp³-hybridized carbons (Fsp3) is 0.125. The van der Waals surface area contributed by atoms with E-state index in [2.05, 4.69) is 4.99 Å². The molecule has 0 radical (unpaired) electrons. The van der Waals surface area contributed by atoms with Gasteiger partial charge in [0.25, 0.3) is 0 Å². The lowest BCUT2D eigenvalue weighted by Gasteiger charge is -2.02. The molecule has 156 valence electrons. The van der Waals surface area contributed by atoms with Crippen molar-refractivity contribution in [2.75, 3.05) is 6.61 Å². The highest BCUT2D eigenvalue weighted by Crippen LogP contribution is 2.23. The van der Waals surface area contributed by atoms with Gasteiger partial charge in [0.1, 0.15) is 5.76 Å². The first kappa shape index (κ1) is 20.2. The van der Waals surface area contributed by atoms with E-state index in [9.17, 15) is 9.59 Å². The van der Waals surface area contributed by atoms with Crippen molar-refractivity contribution in [3.63, 3.8) is 0 Å². The van der Waals surface area contributed by atoms with E-state index in [-0.39, 0.29) is 11.7 Å². The zero-order chi connectivity index (χ0) is 21.8. The Hall–Kier alpha value is -4.13. The molecule has 31 heavy (non-hydrogen) atoms. The summed E-state index contributed by atoms with van der Waals surface area (Å²) in [5.41, 5.74) is 3.09. The number of esters is 1. The van der Waals surface area contributed by atoms with Crippen LogP contribution in [0.3, 0.4) is 0 Å². The van der Waals surface area contributed by atoms with Gasteiger partial charge in [0.05, 0.1) is 24.4 Å². The molecule has 2 aromatic heterocycles. The second-order valence-electron chi connectivity index (χ2n) is 6.83. The minimum atomic E-state index is -1.09. The standard InChI is InChI=1S/C24H20N2O5/c1-2-30-24(29)16-7-9-18(10-8-16)25-13-17-14-26(21-6-4-3-5-20(17)21)15-19-11-12-22(31-19)23(27)28/h3-14H,2,15H2,1H3,(H,27,28). The molecule has 0 bridgehead atoms. The van der Waals surface area contributed by atoms with Gasteiger partial charge in [-0.05, 0) is 49.4 Å². The quantitative estimate of drug-likeness (QED) is 0.341. The monoisotopic (exact) mass is 416 g/mol. The van der Waals surface area contributed by atoms with Crippen molar-refractivity contribution in [1.82, 2.24) is 4.57 Å². The second-order valence-corrected chi connectivity index (χ2v) is 6.83. The van der Waals surface area contributed by atoms with Crippen molar-refractivity contribution in [1.29, 1.82) is 0 Å². The summed E-state index contributed by atoms with van der Waals surface area (Å²) < 4.78 is 12.4. The predicted octanol–water partition coefficient (Wildman–Crippen LogP) is 4.91. The molecule has 0 aliphatic rings. The number of para-hydroxylation sites is 1. The Morgan fingerprint density at radius 3 is 2.58 bits per heavy atom. The summed E-state index contributed by atoms with van der Waals surface area (Å²) in [6.45, 7) is 2.50. The topological polar surface area (TPSA) is 94.0 Å². The second kappa shape index (κ2) is 8.71. The summed E-state index contributed by atoms with van der Waals surface area (Å²) in [4.78, 5) is 27.3. The first-order chi connectivity index (χ1) is 15.0. The third kappa shape index (κ3) is 4.40. The zero-order valence-corrected chi connectivity index (χ0v) is 16.8. The van der Waals surface area contributed by atoms with Crippen LogP contribution in [0.25, 0.3) is 10.9 Å². The van der Waals surface area contributed by atoms with Crippen LogP contribution >= 0.6 is 0 Å². The molecule has 2 heterocycles. The minimum absolute atomic E-state index is 0.0838. The first-order valence-electron chi connectivity index (χ1n) is 9.76. The Labute approximate surface area is 178 Å². The minimum Gasteiger partial charge on any atom is -0.475 e. The Kier molecular flexibility index (Phi) is 5.66. The van der Waals surface area contributed by atoms with Gasteiger partial charge >= 0.3 is 11.9 Å². The largest absolute Gasteiger partial charge is 0.475 e. The summed E-state index contributed by atoms with van der Waals surface area (Å²) >= 11 is 0. The van der Waals surface area contributed by atoms with Gasteiger partial charge in [0.15, 0.2) is 0 Å². The van der Waals surface area contributed by atoms with Crippen LogP contribution in [0.5, 0.6) is 0 Å². The van der Waals surface area contributed by atoms with E-state index < -0.39 is 5.97 Å². The summed E-state index contributed by atoms with van der Waals surface area (Å²) in [6, 6.07) is 17.9. The van der Waals surface area contributed by atoms with E-state index in [0.717, 1.165) is 16.5 Å². The number of carboxylic acids is 1. The third-order valence-electron chi connectivity index (χ3n) is 4.75. The average molecular weight is 416 g/mol. The summed E-state index contributed by atoms with van der Waals surface area (Å²) in [5, 5.41) is 10.1. The van der Waals surface area contributed by atoms with Crippen LogP contribution in [0.2, 0.25) is 0 Å². The molecule has 0 aliphatic carbocycles. The molecule has 4 rings (SSSR count). The van der Waals surface area contributed by atoms with Crippen LogP contribution in [0, 0.1) is 0 Å². The van der Waals surface area contributed by atoms with Crippen LogP contribution in [0.1, 0.15) is 39.2 Å². The highest BCUT2D eigenvalue weighted by molar-refractivity contribution is 6.00. The SMILES string of the molecule is CCOC(=O)c1ccc(N=Cc2cn(Cc3ccc(C(=O)O)o3)c3ccccc23)cc1. The normalized spacial score (nSPS) is 11.3. The van der Waals surface area contributed by atoms with Crippen LogP contribution in [0.15, 0.2) is 76.3 Å². The lowest BCUT2D eigenvalue weighted by Crippen LogP contribution is -2.03. The Morgan fingerprint density at radius 1 is 1.10 bits per heavy atom. The summed E-state index contributed by atoms with van der Waals surface area (Å²) in [7, 11) is 0. The predicted molar refractivity (Wildman–Crippen MR) is 116 cm³/mol. The number of furan rings is 1. The fourth-order valence-electron chi connectivity index (χ4n) is 3.30. The molecule has 0 unspecified atom stereocenters. The molecular formula is C24H20N2O5. The van der Waals surface area contributed by atoms with Gasteiger partial charge in [-0.1, -0.05) is 18.2 Å². The Morgan fingerprint density at radius 2 is 1.87 bits per heavy atom. The summed E-state index contributed by atoms with van der Waals surface area (Å²) in [5.74, 6) is -0.980. The van der Waals surface area contributed by atoms with Crippen molar-refractivity contribution in [2.24, 2.45) is 4.99 Å². The van der Waals surface area contributed by atoms with Gasteiger partial charge in [0, 0.05) is 28.9 Å². The molecule has 0 amide bonds. The molecule has 0 saturated heterocycles. The molecular weight excluding hydrogens is 396 g/mol. The van der Waals surface area contributed by atoms with E-state index in [1.807, 2.05) is 35.0 Å². The van der Waals surface area contributed by atoms with Crippen LogP contribution in [-0.2, 0) is 11.3 Å². The van der Waals surface area contributed by atoms with Crippen molar-refractivity contribution in [3.05, 3.63) is 89.5 Å². The molecule has 0 spiro atoms. The number of aromatic carboxylic acids is 1. The van der Waals surface area contributed by atoms with Crippen molar-refractivity contribution >= 4 is 34.7 Å². The number of rotatable bonds is 7. The number of aromatic nitrogens is 1. The third-order valence-corrected chi connectivity index (χ3v) is 4.75. The molecule has 7 nitrogen and oxygen atoms in total. The maximum Gasteiger partial charge on any atom is 0.371 e. The smallest absolute Gasteiger partial charge is 0.371 e. The van der Waals surface area contributed by atoms with Gasteiger partial charge in [-0.25, -0.2) is 9.59 Å². The number of hydrogen-bond acceptors (Lipinski definition) is 5. The maximum absolute atomic E-state index is 11.8. The fourth-order valence-corrected chi connectivity index (χ4v) is 3.30. The molecule has 2 aromatic carbocycles. The molecule has 0 fully saturated rings. The maximum atomic E-state index is 11.8. The molecule has 0 aliphatic heterocycles. The number of benzene rings is 2. The lowest BCUT2D eigenvalue weighted by atomic mass is 10.2. The average Bonchev–Trinajstić information content (AvgIpc) is 3.38. The first-order valence-corrected chi connectivity index (χ1v) is 9.76. The van der Waals surface area contributed by atoms with Crippen molar-refractivity contribution in [3.8, 4) is 0 Å². The number of ether oxygens (including phenoxy) is 1. The highest BCUT2D eigenvalue weighted by Gasteiger charge is 2.12. The lowest BCUT2D eigenvalue weighted by molar-refractivity contribution is 0.0525. The number of carboxylic acid groups (broad SMARTS) is 1. The van der Waals surface area contributed by atoms with E-state index in [4.69, 9.17) is 14.3 Å². The van der Waals surface area contributed by atoms with Crippen molar-refractivity contribution < 1.29 is 23.8 Å². The van der Waals surface area contributed by atoms with Crippen LogP contribution in [0.4, 0.5) is 5.69 Å². The molecule has 0 saturated carbocycles. The number of aliphatic imine (C=N–C) groups is 1. The van der Waals surface area contributed by atoms with Crippen molar-refractivity contribution in [2.45, 2.75) is 13.5 Å². The number of hydrogen-bond donors (Lipinski definition) is 1. The van der Waals surface area contributed by atoms with E-state index >= 15 is 0 Å². The van der Waals surface area contributed by atoms with E-state index in [0.29, 0.717) is 30.2 Å². The van der Waals surface area contributed by atoms with Gasteiger partial charge in [0.2, 0.25) is 5.76 Å². The Balaban J connectivity index is 1.59. The molecule has 7 heteroatoms. The van der Waals surface area contributed by atoms with Gasteiger partial charge in [-0.2, -0.15) is 0 Å². The number of fused-ring (bicyclic) bond motifs is 1. The highest BCUT2D eigenvalue weighted by atomic mass is 16.5. The van der Waals surface area contributed by atoms with E-state index in [1.54, 1.807) is 43.5 Å². The van der Waals surface area contributed by atoms with Gasteiger partial charge in [-0.15, -0.1) is 0 Å². The Bertz CT molecular complexity index is 1260. The number of carbonyl (C=O) groups excluding carboxylic acids is 1. The van der Waals surface area contributed by atoms with Gasteiger partial charge in [-0.3, -0.25) is 4.99 Å². The molecule has 1 N–H and O–H groups in total. The molecule has 0 atom stereocenters. The summed E-state index contributed by atoms with van der Waals surface area (Å²) in [6.07, 6.45) is 3.72. The van der Waals surface area contributed by atoms with Crippen LogP contribution < -0.4 is 0 Å². The number of carbonyl (C=O) groups is 2. The molecule has 4 aromatic rings. The van der Waals surface area contributed by atoms with Crippen LogP contribution in [-0.4, -0.2) is 34.4 Å². The van der Waals surface area contributed by atoms with Gasteiger partial charge < -0.3 is 18.8 Å².